The molecule has 0 saturated carbocycles. The molecule has 16 nitrogen and oxygen atoms in total. The van der Waals surface area contributed by atoms with Crippen molar-refractivity contribution in [3.05, 3.63) is 60.5 Å². The number of fused-ring (bicyclic) bond motifs is 2. The van der Waals surface area contributed by atoms with Gasteiger partial charge in [0.15, 0.2) is 17.2 Å². The molecule has 0 spiro atoms. The molecule has 2 fully saturated rings. The smallest absolute Gasteiger partial charge is 0.233 e. The van der Waals surface area contributed by atoms with Crippen molar-refractivity contribution in [3.8, 4) is 46.0 Å². The first-order valence-electron chi connectivity index (χ1n) is 19.6. The summed E-state index contributed by atoms with van der Waals surface area (Å²) in [5.74, 6) is 2.41. The molecule has 16 heteroatoms. The fraction of sp³-hybridized carbons (Fsp3) is 0.429. The summed E-state index contributed by atoms with van der Waals surface area (Å²) >= 11 is 0. The third kappa shape index (κ3) is 8.41. The fourth-order valence-electron chi connectivity index (χ4n) is 8.05. The number of hydrogen-bond acceptors (Lipinski definition) is 16. The van der Waals surface area contributed by atoms with E-state index >= 15 is 0 Å². The molecular formula is C42H48N12O4. The summed E-state index contributed by atoms with van der Waals surface area (Å²) in [5, 5.41) is 65.0. The fourth-order valence-corrected chi connectivity index (χ4v) is 8.05. The quantitative estimate of drug-likeness (QED) is 0.113. The molecule has 4 aromatic heterocycles. The van der Waals surface area contributed by atoms with Gasteiger partial charge in [-0.1, -0.05) is 0 Å². The van der Waals surface area contributed by atoms with E-state index in [2.05, 4.69) is 83.7 Å². The van der Waals surface area contributed by atoms with Crippen molar-refractivity contribution in [2.75, 3.05) is 43.1 Å². The van der Waals surface area contributed by atoms with E-state index in [1.807, 2.05) is 36.4 Å². The first-order valence-corrected chi connectivity index (χ1v) is 19.6. The summed E-state index contributed by atoms with van der Waals surface area (Å²) < 4.78 is 10.9. The van der Waals surface area contributed by atoms with Crippen LogP contribution in [0.5, 0.6) is 17.4 Å². The highest BCUT2D eigenvalue weighted by atomic mass is 16.5. The van der Waals surface area contributed by atoms with Crippen LogP contribution in [0.3, 0.4) is 0 Å². The third-order valence-electron chi connectivity index (χ3n) is 11.1. The highest BCUT2D eigenvalue weighted by Crippen LogP contribution is 2.35. The van der Waals surface area contributed by atoms with Crippen molar-refractivity contribution in [3.63, 3.8) is 0 Å². The molecule has 6 heterocycles. The maximum atomic E-state index is 10.7. The molecule has 4 N–H and O–H groups in total. The van der Waals surface area contributed by atoms with Gasteiger partial charge in [0.1, 0.15) is 23.4 Å². The number of benzene rings is 2. The number of methoxy groups -OCH3 is 1. The Balaban J connectivity index is 0.812. The van der Waals surface area contributed by atoms with Crippen LogP contribution in [-0.2, 0) is 6.42 Å². The first kappa shape index (κ1) is 38.7. The normalized spacial score (nSPS) is 17.4. The summed E-state index contributed by atoms with van der Waals surface area (Å²) in [6.07, 6.45) is 4.06. The lowest BCUT2D eigenvalue weighted by Gasteiger charge is -2.36. The second-order valence-corrected chi connectivity index (χ2v) is 16.6. The van der Waals surface area contributed by atoms with Crippen molar-refractivity contribution in [1.29, 1.82) is 5.26 Å². The number of nitrogens with zero attached hydrogens (tertiary/aromatic N) is 10. The van der Waals surface area contributed by atoms with E-state index in [4.69, 9.17) is 14.4 Å². The largest absolute Gasteiger partial charge is 0.507 e. The summed E-state index contributed by atoms with van der Waals surface area (Å²) in [6.45, 7) is 12.5. The summed E-state index contributed by atoms with van der Waals surface area (Å²) in [5.41, 5.74) is 3.57. The Morgan fingerprint density at radius 2 is 1.33 bits per heavy atom. The molecule has 2 unspecified atom stereocenters. The third-order valence-corrected chi connectivity index (χ3v) is 11.1. The van der Waals surface area contributed by atoms with Gasteiger partial charge in [0.25, 0.3) is 0 Å². The topological polar surface area (TPSA) is 207 Å². The van der Waals surface area contributed by atoms with Gasteiger partial charge in [-0.3, -0.25) is 0 Å². The van der Waals surface area contributed by atoms with E-state index in [9.17, 15) is 10.2 Å². The van der Waals surface area contributed by atoms with Crippen LogP contribution in [0.15, 0.2) is 59.0 Å². The molecule has 8 rings (SSSR count). The van der Waals surface area contributed by atoms with Crippen LogP contribution < -0.4 is 25.2 Å². The molecule has 2 saturated heterocycles. The molecule has 6 aromatic rings. The van der Waals surface area contributed by atoms with Crippen LogP contribution in [0.4, 0.5) is 11.6 Å². The van der Waals surface area contributed by atoms with Crippen LogP contribution in [0, 0.1) is 11.3 Å². The lowest BCUT2D eigenvalue weighted by Crippen LogP contribution is -2.51. The van der Waals surface area contributed by atoms with Gasteiger partial charge in [-0.2, -0.15) is 5.26 Å². The summed E-state index contributed by atoms with van der Waals surface area (Å²) in [6, 6.07) is 18.7. The minimum atomic E-state index is -0.0723. The lowest BCUT2D eigenvalue weighted by molar-refractivity contribution is 0.253. The lowest BCUT2D eigenvalue weighted by atomic mass is 9.88. The number of aromatic nitrogens is 7. The summed E-state index contributed by atoms with van der Waals surface area (Å²) in [4.78, 5) is 8.76. The standard InChI is InChI=1S/C42H48N12O4/c1-41(2,45-26-11-16-53(23-26)37-8-6-30(47-50-37)28-18-25-19-40(57-5)52-49-32(25)21-34(28)55)13-14-42(3,4)46-27-12-17-54(24-27)38-9-7-31(48-51-38)29-20-36-33(22-35(29)56)44-39(58-36)10-15-43/h6-9,18-22,26-27,45-46,55-56H,10-14,16-17,23-24H2,1-5H3. The molecule has 0 aliphatic carbocycles. The average Bonchev–Trinajstić information content (AvgIpc) is 3.97. The maximum Gasteiger partial charge on any atom is 0.233 e. The Hall–Kier alpha value is -6.18. The second kappa shape index (κ2) is 15.6. The van der Waals surface area contributed by atoms with E-state index in [1.54, 1.807) is 25.3 Å². The van der Waals surface area contributed by atoms with Crippen molar-refractivity contribution >= 4 is 33.6 Å². The van der Waals surface area contributed by atoms with Crippen molar-refractivity contribution < 1.29 is 19.4 Å². The van der Waals surface area contributed by atoms with Gasteiger partial charge < -0.3 is 39.8 Å². The number of phenols is 2. The number of ether oxygens (including phenoxy) is 1. The van der Waals surface area contributed by atoms with Gasteiger partial charge in [0.2, 0.25) is 11.8 Å². The number of phenolic OH excluding ortho intramolecular Hbond substituents is 2. The zero-order chi connectivity index (χ0) is 40.6. The number of hydrogen-bond donors (Lipinski definition) is 4. The Morgan fingerprint density at radius 1 is 0.759 bits per heavy atom. The minimum absolute atomic E-state index is 0.0272. The van der Waals surface area contributed by atoms with E-state index in [1.165, 1.54) is 6.07 Å². The van der Waals surface area contributed by atoms with Gasteiger partial charge in [0, 0.05) is 84.1 Å². The second-order valence-electron chi connectivity index (χ2n) is 16.6. The van der Waals surface area contributed by atoms with Crippen molar-refractivity contribution in [1.82, 2.24) is 46.2 Å². The number of nitriles is 1. The number of oxazole rings is 1. The van der Waals surface area contributed by atoms with Crippen LogP contribution in [0.2, 0.25) is 0 Å². The Morgan fingerprint density at radius 3 is 1.86 bits per heavy atom. The van der Waals surface area contributed by atoms with Crippen molar-refractivity contribution in [2.24, 2.45) is 0 Å². The Bertz CT molecular complexity index is 2460. The molecule has 2 aliphatic rings. The van der Waals surface area contributed by atoms with Gasteiger partial charge in [-0.15, -0.1) is 30.6 Å². The Labute approximate surface area is 336 Å². The van der Waals surface area contributed by atoms with Crippen LogP contribution in [0.25, 0.3) is 44.5 Å². The molecule has 2 aromatic carbocycles. The molecule has 2 atom stereocenters. The predicted molar refractivity (Wildman–Crippen MR) is 220 cm³/mol. The van der Waals surface area contributed by atoms with Crippen LogP contribution in [0.1, 0.15) is 59.3 Å². The average molecular weight is 785 g/mol. The molecule has 0 bridgehead atoms. The predicted octanol–water partition coefficient (Wildman–Crippen LogP) is 5.55. The zero-order valence-electron chi connectivity index (χ0n) is 33.4. The number of anilines is 2. The molecular weight excluding hydrogens is 737 g/mol. The van der Waals surface area contributed by atoms with Crippen LogP contribution >= 0.6 is 0 Å². The van der Waals surface area contributed by atoms with E-state index in [-0.39, 0.29) is 29.0 Å². The van der Waals surface area contributed by atoms with Gasteiger partial charge >= 0.3 is 0 Å². The van der Waals surface area contributed by atoms with E-state index < -0.39 is 0 Å². The maximum absolute atomic E-state index is 10.7. The number of nitrogens with one attached hydrogen (secondary N) is 2. The number of aromatic hydroxyl groups is 2. The van der Waals surface area contributed by atoms with Gasteiger partial charge in [-0.05, 0) is 89.8 Å². The Kier molecular flexibility index (Phi) is 10.4. The van der Waals surface area contributed by atoms with Crippen molar-refractivity contribution in [2.45, 2.75) is 83.0 Å². The van der Waals surface area contributed by atoms with Gasteiger partial charge in [-0.25, -0.2) is 4.98 Å². The zero-order valence-corrected chi connectivity index (χ0v) is 33.4. The molecule has 0 amide bonds. The summed E-state index contributed by atoms with van der Waals surface area (Å²) in [7, 11) is 1.54. The first-order chi connectivity index (χ1) is 27.8. The molecule has 0 radical (unpaired) electrons. The van der Waals surface area contributed by atoms with Gasteiger partial charge in [0.05, 0.1) is 30.1 Å². The van der Waals surface area contributed by atoms with Crippen LogP contribution in [-0.4, -0.2) is 102 Å². The van der Waals surface area contributed by atoms with E-state index in [0.717, 1.165) is 68.9 Å². The molecule has 2 aliphatic heterocycles. The molecule has 58 heavy (non-hydrogen) atoms. The number of rotatable bonds is 13. The van der Waals surface area contributed by atoms with E-state index in [0.29, 0.717) is 63.0 Å². The SMILES string of the molecule is COc1cc2cc(-c3ccc(N4CCC(NC(C)(C)CCC(C)(C)NC5CCN(c6ccc(-c7cc8oc(CC#N)nc8cc7O)nn6)C5)C4)nn3)c(O)cc2nn1. The minimum Gasteiger partial charge on any atom is -0.507 e. The molecule has 300 valence electrons. The highest BCUT2D eigenvalue weighted by molar-refractivity contribution is 5.87. The highest BCUT2D eigenvalue weighted by Gasteiger charge is 2.33. The monoisotopic (exact) mass is 784 g/mol.